The van der Waals surface area contributed by atoms with E-state index in [0.29, 0.717) is 23.3 Å². The third kappa shape index (κ3) is 3.58. The molecule has 0 bridgehead atoms. The van der Waals surface area contributed by atoms with Gasteiger partial charge in [0.25, 0.3) is 5.91 Å². The van der Waals surface area contributed by atoms with Gasteiger partial charge in [-0.3, -0.25) is 4.79 Å². The number of nitrogens with zero attached hydrogens (tertiary/aromatic N) is 2. The van der Waals surface area contributed by atoms with Crippen LogP contribution in [0.25, 0.3) is 0 Å². The quantitative estimate of drug-likeness (QED) is 0.875. The Kier molecular flexibility index (Phi) is 4.61. The molecule has 0 aliphatic carbocycles. The molecule has 0 aromatic carbocycles. The average molecular weight is 283 g/mol. The van der Waals surface area contributed by atoms with Gasteiger partial charge in [-0.2, -0.15) is 0 Å². The molecule has 5 nitrogen and oxygen atoms in total. The topological polar surface area (TPSA) is 71.2 Å². The van der Waals surface area contributed by atoms with Crippen LogP contribution in [0.5, 0.6) is 0 Å². The van der Waals surface area contributed by atoms with Gasteiger partial charge >= 0.3 is 0 Å². The van der Waals surface area contributed by atoms with Crippen molar-refractivity contribution in [3.8, 4) is 0 Å². The van der Waals surface area contributed by atoms with Crippen molar-refractivity contribution in [2.24, 2.45) is 5.92 Å². The highest BCUT2D eigenvalue weighted by Gasteiger charge is 2.22. The number of anilines is 1. The first-order chi connectivity index (χ1) is 9.10. The summed E-state index contributed by atoms with van der Waals surface area (Å²) in [7, 11) is 0. The summed E-state index contributed by atoms with van der Waals surface area (Å²) in [5.74, 6) is 0.545. The van der Waals surface area contributed by atoms with Crippen molar-refractivity contribution in [1.82, 2.24) is 15.2 Å². The lowest BCUT2D eigenvalue weighted by Gasteiger charge is -2.13. The predicted molar refractivity (Wildman–Crippen MR) is 76.2 cm³/mol. The second kappa shape index (κ2) is 6.21. The Hall–Kier alpha value is -1.33. The van der Waals surface area contributed by atoms with E-state index in [2.05, 4.69) is 22.1 Å². The van der Waals surface area contributed by atoms with Crippen molar-refractivity contribution in [2.45, 2.75) is 13.3 Å². The molecule has 2 rings (SSSR count). The Morgan fingerprint density at radius 3 is 3.11 bits per heavy atom. The summed E-state index contributed by atoms with van der Waals surface area (Å²) in [5.41, 5.74) is 5.76. The lowest BCUT2D eigenvalue weighted by molar-refractivity contribution is 0.0942. The van der Waals surface area contributed by atoms with Crippen LogP contribution >= 0.6 is 11.6 Å². The maximum absolute atomic E-state index is 12.0. The van der Waals surface area contributed by atoms with E-state index >= 15 is 0 Å². The third-order valence-electron chi connectivity index (χ3n) is 3.45. The fourth-order valence-corrected chi connectivity index (χ4v) is 2.50. The van der Waals surface area contributed by atoms with Gasteiger partial charge in [-0.05, 0) is 37.6 Å². The number of rotatable bonds is 4. The lowest BCUT2D eigenvalue weighted by Crippen LogP contribution is -2.31. The minimum atomic E-state index is -0.257. The Morgan fingerprint density at radius 1 is 1.63 bits per heavy atom. The monoisotopic (exact) mass is 282 g/mol. The first kappa shape index (κ1) is 14.1. The highest BCUT2D eigenvalue weighted by Crippen LogP contribution is 2.17. The fourth-order valence-electron chi connectivity index (χ4n) is 2.30. The largest absolute Gasteiger partial charge is 0.384 e. The lowest BCUT2D eigenvalue weighted by atomic mass is 10.1. The number of halogens is 1. The van der Waals surface area contributed by atoms with E-state index < -0.39 is 0 Å². The highest BCUT2D eigenvalue weighted by atomic mass is 35.5. The number of pyridine rings is 1. The first-order valence-electron chi connectivity index (χ1n) is 6.52. The number of nitrogens with two attached hydrogens (primary N) is 1. The minimum Gasteiger partial charge on any atom is -0.384 e. The molecule has 1 aromatic heterocycles. The number of carbonyl (C=O) groups is 1. The molecule has 3 N–H and O–H groups in total. The van der Waals surface area contributed by atoms with E-state index in [9.17, 15) is 4.79 Å². The smallest absolute Gasteiger partial charge is 0.271 e. The Morgan fingerprint density at radius 2 is 2.42 bits per heavy atom. The molecule has 1 amide bonds. The van der Waals surface area contributed by atoms with E-state index in [0.717, 1.165) is 26.1 Å². The number of amides is 1. The summed E-state index contributed by atoms with van der Waals surface area (Å²) in [4.78, 5) is 18.3. The molecule has 1 aliphatic rings. The van der Waals surface area contributed by atoms with Crippen molar-refractivity contribution in [3.05, 3.63) is 22.8 Å². The molecule has 6 heteroatoms. The number of hydrogen-bond donors (Lipinski definition) is 2. The molecular formula is C13H19ClN4O. The molecule has 0 radical (unpaired) electrons. The fraction of sp³-hybridized carbons (Fsp3) is 0.538. The van der Waals surface area contributed by atoms with Gasteiger partial charge in [-0.1, -0.05) is 18.5 Å². The summed E-state index contributed by atoms with van der Waals surface area (Å²) in [6.45, 7) is 6.01. The predicted octanol–water partition coefficient (Wildman–Crippen LogP) is 1.39. The van der Waals surface area contributed by atoms with Crippen LogP contribution in [0.15, 0.2) is 12.1 Å². The summed E-state index contributed by atoms with van der Waals surface area (Å²) in [5, 5.41) is 3.21. The first-order valence-corrected chi connectivity index (χ1v) is 6.90. The van der Waals surface area contributed by atoms with Gasteiger partial charge in [0.1, 0.15) is 11.5 Å². The van der Waals surface area contributed by atoms with Crippen molar-refractivity contribution in [2.75, 3.05) is 31.9 Å². The summed E-state index contributed by atoms with van der Waals surface area (Å²) < 4.78 is 0. The van der Waals surface area contributed by atoms with E-state index in [1.54, 1.807) is 12.1 Å². The van der Waals surface area contributed by atoms with E-state index in [1.165, 1.54) is 0 Å². The van der Waals surface area contributed by atoms with Crippen LogP contribution in [0, 0.1) is 5.92 Å². The minimum absolute atomic E-state index is 0.201. The van der Waals surface area contributed by atoms with Gasteiger partial charge < -0.3 is 16.0 Å². The van der Waals surface area contributed by atoms with Gasteiger partial charge in [0.05, 0.1) is 5.02 Å². The zero-order valence-corrected chi connectivity index (χ0v) is 11.8. The molecule has 2 heterocycles. The van der Waals surface area contributed by atoms with Crippen LogP contribution in [0.4, 0.5) is 5.82 Å². The number of likely N-dealkylation sites (tertiary alicyclic amines) is 1. The van der Waals surface area contributed by atoms with E-state index in [1.807, 2.05) is 0 Å². The number of nitrogens with one attached hydrogen (secondary N) is 1. The molecule has 0 spiro atoms. The summed E-state index contributed by atoms with van der Waals surface area (Å²) in [6, 6.07) is 3.17. The average Bonchev–Trinajstić information content (AvgIpc) is 2.87. The van der Waals surface area contributed by atoms with E-state index in [4.69, 9.17) is 17.3 Å². The van der Waals surface area contributed by atoms with Crippen LogP contribution in [0.3, 0.4) is 0 Å². The zero-order valence-electron chi connectivity index (χ0n) is 11.0. The molecule has 1 saturated heterocycles. The maximum atomic E-state index is 12.0. The Bertz CT molecular complexity index is 466. The normalized spacial score (nSPS) is 19.6. The summed E-state index contributed by atoms with van der Waals surface area (Å²) in [6.07, 6.45) is 1.12. The highest BCUT2D eigenvalue weighted by molar-refractivity contribution is 6.33. The second-order valence-corrected chi connectivity index (χ2v) is 5.23. The van der Waals surface area contributed by atoms with E-state index in [-0.39, 0.29) is 11.6 Å². The maximum Gasteiger partial charge on any atom is 0.271 e. The van der Waals surface area contributed by atoms with Crippen LogP contribution in [-0.4, -0.2) is 42.0 Å². The van der Waals surface area contributed by atoms with Gasteiger partial charge in [0.15, 0.2) is 0 Å². The van der Waals surface area contributed by atoms with Crippen LogP contribution in [0.1, 0.15) is 23.8 Å². The number of carbonyl (C=O) groups excluding carboxylic acids is 1. The molecule has 1 aliphatic heterocycles. The van der Waals surface area contributed by atoms with Crippen LogP contribution in [0.2, 0.25) is 5.02 Å². The second-order valence-electron chi connectivity index (χ2n) is 4.82. The number of aromatic nitrogens is 1. The number of hydrogen-bond acceptors (Lipinski definition) is 4. The Labute approximate surface area is 118 Å². The summed E-state index contributed by atoms with van der Waals surface area (Å²) >= 11 is 5.94. The van der Waals surface area contributed by atoms with Crippen LogP contribution < -0.4 is 11.1 Å². The van der Waals surface area contributed by atoms with Crippen molar-refractivity contribution < 1.29 is 4.79 Å². The molecular weight excluding hydrogens is 264 g/mol. The molecule has 0 saturated carbocycles. The molecule has 19 heavy (non-hydrogen) atoms. The van der Waals surface area contributed by atoms with Gasteiger partial charge in [0.2, 0.25) is 0 Å². The van der Waals surface area contributed by atoms with Crippen molar-refractivity contribution in [3.63, 3.8) is 0 Å². The third-order valence-corrected chi connectivity index (χ3v) is 3.76. The molecule has 1 fully saturated rings. The molecule has 1 unspecified atom stereocenters. The van der Waals surface area contributed by atoms with Crippen LogP contribution in [-0.2, 0) is 0 Å². The number of nitrogen functional groups attached to an aromatic ring is 1. The van der Waals surface area contributed by atoms with Crippen molar-refractivity contribution >= 4 is 23.3 Å². The van der Waals surface area contributed by atoms with Gasteiger partial charge in [-0.15, -0.1) is 0 Å². The van der Waals surface area contributed by atoms with Gasteiger partial charge in [0, 0.05) is 13.1 Å². The zero-order chi connectivity index (χ0) is 13.8. The van der Waals surface area contributed by atoms with Crippen molar-refractivity contribution in [1.29, 1.82) is 0 Å². The van der Waals surface area contributed by atoms with Gasteiger partial charge in [-0.25, -0.2) is 4.98 Å². The molecule has 104 valence electrons. The molecule has 1 aromatic rings. The Balaban J connectivity index is 1.89. The molecule has 1 atom stereocenters. The SMILES string of the molecule is CCN1CCC(CNC(=O)c2nc(N)ccc2Cl)C1. The standard InChI is InChI=1S/C13H19ClN4O/c1-2-18-6-5-9(8-18)7-16-13(19)12-10(14)3-4-11(15)17-12/h3-4,9H,2,5-8H2,1H3,(H2,15,17)(H,16,19).